The molecular weight excluding hydrogens is 284 g/mol. The molecule has 5 heteroatoms. The number of ether oxygens (including phenoxy) is 1. The van der Waals surface area contributed by atoms with Gasteiger partial charge < -0.3 is 15.0 Å². The molecule has 0 saturated heterocycles. The van der Waals surface area contributed by atoms with Crippen LogP contribution in [0, 0.1) is 0 Å². The lowest BCUT2D eigenvalue weighted by molar-refractivity contribution is 0.0570. The summed E-state index contributed by atoms with van der Waals surface area (Å²) in [5, 5.41) is 5.00. The molecular formula is C16H26N2O2S. The monoisotopic (exact) mass is 310 g/mol. The molecule has 1 aliphatic carbocycles. The fourth-order valence-corrected chi connectivity index (χ4v) is 3.42. The van der Waals surface area contributed by atoms with Gasteiger partial charge in [0, 0.05) is 25.1 Å². The van der Waals surface area contributed by atoms with Crippen LogP contribution in [0.25, 0.3) is 0 Å². The molecule has 0 aromatic carbocycles. The minimum Gasteiger partial charge on any atom is -0.378 e. The van der Waals surface area contributed by atoms with Gasteiger partial charge in [-0.2, -0.15) is 0 Å². The van der Waals surface area contributed by atoms with E-state index in [1.165, 1.54) is 30.6 Å². The third-order valence-corrected chi connectivity index (χ3v) is 5.15. The van der Waals surface area contributed by atoms with Crippen LogP contribution < -0.4 is 5.32 Å². The van der Waals surface area contributed by atoms with Gasteiger partial charge in [-0.3, -0.25) is 0 Å². The van der Waals surface area contributed by atoms with Gasteiger partial charge in [0.1, 0.15) is 0 Å². The summed E-state index contributed by atoms with van der Waals surface area (Å²) in [7, 11) is 1.84. The second-order valence-corrected chi connectivity index (χ2v) is 6.64. The third kappa shape index (κ3) is 5.00. The topological polar surface area (TPSA) is 41.6 Å². The van der Waals surface area contributed by atoms with Gasteiger partial charge in [-0.15, -0.1) is 11.3 Å². The summed E-state index contributed by atoms with van der Waals surface area (Å²) >= 11 is 1.68. The van der Waals surface area contributed by atoms with E-state index >= 15 is 0 Å². The zero-order valence-corrected chi connectivity index (χ0v) is 13.8. The van der Waals surface area contributed by atoms with Crippen molar-refractivity contribution >= 4 is 17.4 Å². The lowest BCUT2D eigenvalue weighted by atomic mass is 10.2. The molecule has 0 aliphatic heterocycles. The SMILES string of the molecule is C[C@@H](c1cccs1)N(C)C(=O)NCCCOC1CCCC1. The Labute approximate surface area is 131 Å². The first kappa shape index (κ1) is 16.3. The number of hydrogen-bond acceptors (Lipinski definition) is 3. The van der Waals surface area contributed by atoms with Gasteiger partial charge in [-0.1, -0.05) is 18.9 Å². The minimum absolute atomic E-state index is 0.0169. The number of nitrogens with one attached hydrogen (secondary N) is 1. The number of nitrogens with zero attached hydrogens (tertiary/aromatic N) is 1. The van der Waals surface area contributed by atoms with Crippen molar-refractivity contribution in [3.63, 3.8) is 0 Å². The Bertz CT molecular complexity index is 416. The molecule has 1 aromatic heterocycles. The van der Waals surface area contributed by atoms with Crippen molar-refractivity contribution in [3.05, 3.63) is 22.4 Å². The molecule has 1 aromatic rings. The molecule has 4 nitrogen and oxygen atoms in total. The Morgan fingerprint density at radius 2 is 2.29 bits per heavy atom. The quantitative estimate of drug-likeness (QED) is 0.778. The standard InChI is InChI=1S/C16H26N2O2S/c1-13(15-9-5-12-21-15)18(2)16(19)17-10-6-11-20-14-7-3-4-8-14/h5,9,12-14H,3-4,6-8,10-11H2,1-2H3,(H,17,19)/t13-/m0/s1. The highest BCUT2D eigenvalue weighted by Gasteiger charge is 2.18. The van der Waals surface area contributed by atoms with Gasteiger partial charge in [-0.25, -0.2) is 4.79 Å². The molecule has 1 fully saturated rings. The van der Waals surface area contributed by atoms with Crippen LogP contribution in [0.2, 0.25) is 0 Å². The summed E-state index contributed by atoms with van der Waals surface area (Å²) in [6.07, 6.45) is 6.34. The van der Waals surface area contributed by atoms with Gasteiger partial charge >= 0.3 is 6.03 Å². The zero-order chi connectivity index (χ0) is 15.1. The molecule has 118 valence electrons. The van der Waals surface area contributed by atoms with E-state index < -0.39 is 0 Å². The molecule has 2 rings (SSSR count). The number of amides is 2. The molecule has 0 bridgehead atoms. The van der Waals surface area contributed by atoms with Crippen LogP contribution in [0.3, 0.4) is 0 Å². The van der Waals surface area contributed by atoms with Crippen LogP contribution >= 0.6 is 11.3 Å². The molecule has 1 heterocycles. The molecule has 0 spiro atoms. The highest BCUT2D eigenvalue weighted by molar-refractivity contribution is 7.10. The maximum atomic E-state index is 12.1. The van der Waals surface area contributed by atoms with E-state index in [0.717, 1.165) is 13.0 Å². The molecule has 1 atom stereocenters. The van der Waals surface area contributed by atoms with Gasteiger partial charge in [0.2, 0.25) is 0 Å². The molecule has 1 saturated carbocycles. The lowest BCUT2D eigenvalue weighted by Crippen LogP contribution is -2.39. The van der Waals surface area contributed by atoms with Crippen LogP contribution in [0.4, 0.5) is 4.79 Å². The number of thiophene rings is 1. The van der Waals surface area contributed by atoms with Crippen LogP contribution in [0.15, 0.2) is 17.5 Å². The largest absolute Gasteiger partial charge is 0.378 e. The summed E-state index contributed by atoms with van der Waals surface area (Å²) < 4.78 is 5.79. The number of rotatable bonds is 7. The van der Waals surface area contributed by atoms with E-state index in [2.05, 4.69) is 18.3 Å². The maximum Gasteiger partial charge on any atom is 0.317 e. The van der Waals surface area contributed by atoms with Crippen molar-refractivity contribution in [1.82, 2.24) is 10.2 Å². The summed E-state index contributed by atoms with van der Waals surface area (Å²) in [6, 6.07) is 4.17. The van der Waals surface area contributed by atoms with E-state index in [0.29, 0.717) is 12.6 Å². The number of hydrogen-bond donors (Lipinski definition) is 1. The molecule has 1 N–H and O–H groups in total. The average Bonchev–Trinajstić information content (AvgIpc) is 3.18. The van der Waals surface area contributed by atoms with Gasteiger partial charge in [-0.05, 0) is 37.6 Å². The zero-order valence-electron chi connectivity index (χ0n) is 13.0. The molecule has 0 radical (unpaired) electrons. The Balaban J connectivity index is 1.60. The normalized spacial score (nSPS) is 16.9. The second kappa shape index (κ2) is 8.39. The van der Waals surface area contributed by atoms with E-state index in [-0.39, 0.29) is 12.1 Å². The summed E-state index contributed by atoms with van der Waals surface area (Å²) in [5.41, 5.74) is 0. The number of urea groups is 1. The van der Waals surface area contributed by atoms with Crippen molar-refractivity contribution in [1.29, 1.82) is 0 Å². The fraction of sp³-hybridized carbons (Fsp3) is 0.688. The summed E-state index contributed by atoms with van der Waals surface area (Å²) in [6.45, 7) is 3.47. The Morgan fingerprint density at radius 3 is 2.95 bits per heavy atom. The average molecular weight is 310 g/mol. The highest BCUT2D eigenvalue weighted by atomic mass is 32.1. The highest BCUT2D eigenvalue weighted by Crippen LogP contribution is 2.23. The van der Waals surface area contributed by atoms with Gasteiger partial charge in [0.25, 0.3) is 0 Å². The Kier molecular flexibility index (Phi) is 6.51. The molecule has 21 heavy (non-hydrogen) atoms. The van der Waals surface area contributed by atoms with Crippen molar-refractivity contribution in [2.24, 2.45) is 0 Å². The fourth-order valence-electron chi connectivity index (χ4n) is 2.59. The van der Waals surface area contributed by atoms with Crippen molar-refractivity contribution < 1.29 is 9.53 Å². The van der Waals surface area contributed by atoms with Gasteiger partial charge in [0.15, 0.2) is 0 Å². The first-order valence-corrected chi connectivity index (χ1v) is 8.72. The van der Waals surface area contributed by atoms with Crippen molar-refractivity contribution in [2.75, 3.05) is 20.2 Å². The maximum absolute atomic E-state index is 12.1. The van der Waals surface area contributed by atoms with Crippen LogP contribution in [0.1, 0.15) is 49.9 Å². The van der Waals surface area contributed by atoms with Crippen molar-refractivity contribution in [2.45, 2.75) is 51.2 Å². The van der Waals surface area contributed by atoms with E-state index in [4.69, 9.17) is 4.74 Å². The van der Waals surface area contributed by atoms with E-state index in [1.54, 1.807) is 16.2 Å². The lowest BCUT2D eigenvalue weighted by Gasteiger charge is -2.24. The predicted molar refractivity (Wildman–Crippen MR) is 86.7 cm³/mol. The Hall–Kier alpha value is -1.07. The van der Waals surface area contributed by atoms with E-state index in [1.807, 2.05) is 18.5 Å². The molecule has 2 amide bonds. The Morgan fingerprint density at radius 1 is 1.52 bits per heavy atom. The second-order valence-electron chi connectivity index (χ2n) is 5.67. The summed E-state index contributed by atoms with van der Waals surface area (Å²) in [5.74, 6) is 0. The van der Waals surface area contributed by atoms with E-state index in [9.17, 15) is 4.79 Å². The van der Waals surface area contributed by atoms with Crippen molar-refractivity contribution in [3.8, 4) is 0 Å². The van der Waals surface area contributed by atoms with Gasteiger partial charge in [0.05, 0.1) is 12.1 Å². The molecule has 1 aliphatic rings. The number of carbonyl (C=O) groups is 1. The minimum atomic E-state index is -0.0169. The van der Waals surface area contributed by atoms with Crippen LogP contribution in [-0.4, -0.2) is 37.2 Å². The smallest absolute Gasteiger partial charge is 0.317 e. The first-order chi connectivity index (χ1) is 10.2. The number of carbonyl (C=O) groups excluding carboxylic acids is 1. The third-order valence-electron chi connectivity index (χ3n) is 4.11. The molecule has 0 unspecified atom stereocenters. The first-order valence-electron chi connectivity index (χ1n) is 7.84. The summed E-state index contributed by atoms with van der Waals surface area (Å²) in [4.78, 5) is 15.0. The predicted octanol–water partition coefficient (Wildman–Crippen LogP) is 3.80. The van der Waals surface area contributed by atoms with Crippen LogP contribution in [0.5, 0.6) is 0 Å². The van der Waals surface area contributed by atoms with Crippen LogP contribution in [-0.2, 0) is 4.74 Å².